The summed E-state index contributed by atoms with van der Waals surface area (Å²) in [7, 11) is 0. The molecule has 1 aliphatic rings. The number of nitrogens with zero attached hydrogens (tertiary/aromatic N) is 3. The van der Waals surface area contributed by atoms with Gasteiger partial charge in [-0.1, -0.05) is 12.1 Å². The van der Waals surface area contributed by atoms with Crippen LogP contribution < -0.4 is 4.90 Å². The summed E-state index contributed by atoms with van der Waals surface area (Å²) in [4.78, 5) is 16.0. The zero-order valence-corrected chi connectivity index (χ0v) is 13.5. The number of anilines is 1. The Labute approximate surface area is 132 Å². The van der Waals surface area contributed by atoms with Crippen LogP contribution in [0.5, 0.6) is 0 Å². The van der Waals surface area contributed by atoms with E-state index in [9.17, 15) is 4.79 Å². The number of carbonyl (C=O) groups is 1. The van der Waals surface area contributed by atoms with E-state index >= 15 is 0 Å². The summed E-state index contributed by atoms with van der Waals surface area (Å²) in [5.74, 6) is 0. The van der Waals surface area contributed by atoms with Gasteiger partial charge in [0, 0.05) is 31.9 Å². The van der Waals surface area contributed by atoms with Crippen LogP contribution >= 0.6 is 0 Å². The topological polar surface area (TPSA) is 56.6 Å². The van der Waals surface area contributed by atoms with Gasteiger partial charge in [0.05, 0.1) is 12.5 Å². The zero-order valence-electron chi connectivity index (χ0n) is 13.5. The Morgan fingerprint density at radius 3 is 2.27 bits per heavy atom. The fraction of sp³-hybridized carbons (Fsp3) is 0.529. The van der Waals surface area contributed by atoms with Crippen molar-refractivity contribution in [3.8, 4) is 6.07 Å². The second-order valence-electron chi connectivity index (χ2n) is 6.46. The molecule has 1 amide bonds. The molecular formula is C17H23N3O2. The van der Waals surface area contributed by atoms with Crippen molar-refractivity contribution in [2.75, 3.05) is 31.1 Å². The van der Waals surface area contributed by atoms with Crippen LogP contribution in [0.25, 0.3) is 0 Å². The van der Waals surface area contributed by atoms with E-state index in [2.05, 4.69) is 11.0 Å². The molecule has 1 saturated heterocycles. The van der Waals surface area contributed by atoms with Gasteiger partial charge >= 0.3 is 6.09 Å². The third-order valence-electron chi connectivity index (χ3n) is 3.52. The first kappa shape index (κ1) is 16.2. The molecule has 0 atom stereocenters. The summed E-state index contributed by atoms with van der Waals surface area (Å²) in [6, 6.07) is 10.2. The number of hydrogen-bond acceptors (Lipinski definition) is 4. The quantitative estimate of drug-likeness (QED) is 0.843. The predicted octanol–water partition coefficient (Wildman–Crippen LogP) is 2.81. The lowest BCUT2D eigenvalue weighted by Gasteiger charge is -2.36. The van der Waals surface area contributed by atoms with Crippen molar-refractivity contribution < 1.29 is 9.53 Å². The number of carbonyl (C=O) groups excluding carboxylic acids is 1. The Morgan fingerprint density at radius 1 is 1.18 bits per heavy atom. The number of rotatable bonds is 2. The molecule has 0 saturated carbocycles. The van der Waals surface area contributed by atoms with Gasteiger partial charge in [0.25, 0.3) is 0 Å². The molecule has 1 aliphatic heterocycles. The van der Waals surface area contributed by atoms with Gasteiger partial charge in [-0.05, 0) is 38.5 Å². The molecule has 1 aromatic rings. The lowest BCUT2D eigenvalue weighted by Crippen LogP contribution is -2.50. The molecular weight excluding hydrogens is 278 g/mol. The molecule has 0 spiro atoms. The van der Waals surface area contributed by atoms with Crippen LogP contribution in [0.3, 0.4) is 0 Å². The van der Waals surface area contributed by atoms with E-state index in [0.29, 0.717) is 19.5 Å². The Kier molecular flexibility index (Phi) is 4.92. The molecule has 2 rings (SSSR count). The SMILES string of the molecule is CC(C)(C)OC(=O)N1CCN(c2ccc(CC#N)cc2)CC1. The Hall–Kier alpha value is -2.22. The maximum atomic E-state index is 12.0. The first-order chi connectivity index (χ1) is 10.4. The molecule has 0 N–H and O–H groups in total. The minimum absolute atomic E-state index is 0.239. The lowest BCUT2D eigenvalue weighted by atomic mass is 10.1. The normalized spacial score (nSPS) is 15.4. The van der Waals surface area contributed by atoms with Crippen molar-refractivity contribution in [1.82, 2.24) is 4.90 Å². The van der Waals surface area contributed by atoms with Gasteiger partial charge in [0.2, 0.25) is 0 Å². The minimum Gasteiger partial charge on any atom is -0.444 e. The second kappa shape index (κ2) is 6.69. The maximum absolute atomic E-state index is 12.0. The number of nitriles is 1. The monoisotopic (exact) mass is 301 g/mol. The third-order valence-corrected chi connectivity index (χ3v) is 3.52. The molecule has 0 unspecified atom stereocenters. The van der Waals surface area contributed by atoms with Crippen molar-refractivity contribution in [2.24, 2.45) is 0 Å². The van der Waals surface area contributed by atoms with Crippen LogP contribution in [-0.4, -0.2) is 42.8 Å². The standard InChI is InChI=1S/C17H23N3O2/c1-17(2,3)22-16(21)20-12-10-19(11-13-20)15-6-4-14(5-7-15)8-9-18/h4-7H,8,10-13H2,1-3H3. The molecule has 0 aromatic heterocycles. The average molecular weight is 301 g/mol. The van der Waals surface area contributed by atoms with Crippen molar-refractivity contribution in [1.29, 1.82) is 5.26 Å². The fourth-order valence-corrected chi connectivity index (χ4v) is 2.39. The lowest BCUT2D eigenvalue weighted by molar-refractivity contribution is 0.0240. The summed E-state index contributed by atoms with van der Waals surface area (Å²) >= 11 is 0. The van der Waals surface area contributed by atoms with Crippen molar-refractivity contribution in [2.45, 2.75) is 32.8 Å². The van der Waals surface area contributed by atoms with E-state index < -0.39 is 5.60 Å². The molecule has 0 bridgehead atoms. The van der Waals surface area contributed by atoms with Crippen LogP contribution in [0.2, 0.25) is 0 Å². The van der Waals surface area contributed by atoms with Crippen molar-refractivity contribution >= 4 is 11.8 Å². The number of ether oxygens (including phenoxy) is 1. The van der Waals surface area contributed by atoms with Crippen LogP contribution in [-0.2, 0) is 11.2 Å². The summed E-state index contributed by atoms with van der Waals surface area (Å²) < 4.78 is 5.40. The molecule has 1 aromatic carbocycles. The molecule has 5 heteroatoms. The molecule has 1 heterocycles. The van der Waals surface area contributed by atoms with Crippen LogP contribution in [0, 0.1) is 11.3 Å². The van der Waals surface area contributed by atoms with Gasteiger partial charge in [-0.25, -0.2) is 4.79 Å². The van der Waals surface area contributed by atoms with Crippen molar-refractivity contribution in [3.63, 3.8) is 0 Å². The Balaban J connectivity index is 1.89. The van der Waals surface area contributed by atoms with E-state index in [4.69, 9.17) is 10.00 Å². The summed E-state index contributed by atoms with van der Waals surface area (Å²) in [6.07, 6.45) is 0.198. The highest BCUT2D eigenvalue weighted by atomic mass is 16.6. The summed E-state index contributed by atoms with van der Waals surface area (Å²) in [5.41, 5.74) is 1.70. The number of benzene rings is 1. The summed E-state index contributed by atoms with van der Waals surface area (Å²) in [6.45, 7) is 8.54. The van der Waals surface area contributed by atoms with Gasteiger partial charge in [0.15, 0.2) is 0 Å². The number of piperazine rings is 1. The van der Waals surface area contributed by atoms with Gasteiger partial charge < -0.3 is 14.5 Å². The van der Waals surface area contributed by atoms with E-state index in [1.807, 2.05) is 45.0 Å². The maximum Gasteiger partial charge on any atom is 0.410 e. The van der Waals surface area contributed by atoms with E-state index in [1.165, 1.54) is 0 Å². The fourth-order valence-electron chi connectivity index (χ4n) is 2.39. The van der Waals surface area contributed by atoms with Gasteiger partial charge in [0.1, 0.15) is 5.60 Å². The first-order valence-corrected chi connectivity index (χ1v) is 7.58. The predicted molar refractivity (Wildman–Crippen MR) is 85.8 cm³/mol. The second-order valence-corrected chi connectivity index (χ2v) is 6.46. The molecule has 0 aliphatic carbocycles. The smallest absolute Gasteiger partial charge is 0.410 e. The van der Waals surface area contributed by atoms with Crippen LogP contribution in [0.1, 0.15) is 26.3 Å². The van der Waals surface area contributed by atoms with Crippen molar-refractivity contribution in [3.05, 3.63) is 29.8 Å². The molecule has 1 fully saturated rings. The highest BCUT2D eigenvalue weighted by Gasteiger charge is 2.25. The van der Waals surface area contributed by atoms with Gasteiger partial charge in [-0.15, -0.1) is 0 Å². The Morgan fingerprint density at radius 2 is 1.77 bits per heavy atom. The molecule has 118 valence electrons. The van der Waals surface area contributed by atoms with Crippen LogP contribution in [0.15, 0.2) is 24.3 Å². The highest BCUT2D eigenvalue weighted by Crippen LogP contribution is 2.18. The average Bonchev–Trinajstić information content (AvgIpc) is 2.47. The largest absolute Gasteiger partial charge is 0.444 e. The number of amides is 1. The van der Waals surface area contributed by atoms with E-state index in [-0.39, 0.29) is 6.09 Å². The Bertz CT molecular complexity index is 547. The van der Waals surface area contributed by atoms with Gasteiger partial charge in [-0.3, -0.25) is 0 Å². The third kappa shape index (κ3) is 4.39. The molecule has 0 radical (unpaired) electrons. The zero-order chi connectivity index (χ0) is 16.2. The minimum atomic E-state index is -0.454. The van der Waals surface area contributed by atoms with Crippen LogP contribution in [0.4, 0.5) is 10.5 Å². The first-order valence-electron chi connectivity index (χ1n) is 7.58. The molecule has 22 heavy (non-hydrogen) atoms. The number of hydrogen-bond donors (Lipinski definition) is 0. The van der Waals surface area contributed by atoms with Gasteiger partial charge in [-0.2, -0.15) is 5.26 Å². The van der Waals surface area contributed by atoms with E-state index in [0.717, 1.165) is 24.3 Å². The molecule has 5 nitrogen and oxygen atoms in total. The highest BCUT2D eigenvalue weighted by molar-refractivity contribution is 5.68. The summed E-state index contributed by atoms with van der Waals surface area (Å²) in [5, 5.41) is 8.69. The van der Waals surface area contributed by atoms with E-state index in [1.54, 1.807) is 4.90 Å².